The third-order valence-electron chi connectivity index (χ3n) is 9.44. The SMILES string of the molecule is c1ccc(C2=NC(c3ccc(-n4c5ccccc5c5c6c7ccccc7sc6c6ccccc6c54)cc3)=NC(c3ccccc3)N2)cc1. The second-order valence-corrected chi connectivity index (χ2v) is 13.3. The lowest BCUT2D eigenvalue weighted by atomic mass is 10.00. The van der Waals surface area contributed by atoms with Crippen molar-refractivity contribution in [3.05, 3.63) is 174 Å². The van der Waals surface area contributed by atoms with Crippen LogP contribution in [0.25, 0.3) is 58.4 Å². The molecule has 10 rings (SSSR count). The molecule has 0 amide bonds. The first kappa shape index (κ1) is 27.1. The topological polar surface area (TPSA) is 41.7 Å². The normalized spacial score (nSPS) is 14.9. The van der Waals surface area contributed by atoms with Crippen LogP contribution >= 0.6 is 11.3 Å². The van der Waals surface area contributed by atoms with E-state index in [1.165, 1.54) is 52.8 Å². The predicted molar refractivity (Wildman–Crippen MR) is 203 cm³/mol. The number of amidine groups is 2. The van der Waals surface area contributed by atoms with E-state index in [2.05, 4.69) is 143 Å². The number of aromatic nitrogens is 1. The average molecular weight is 633 g/mol. The molecule has 2 aromatic heterocycles. The Morgan fingerprint density at radius 1 is 0.542 bits per heavy atom. The van der Waals surface area contributed by atoms with E-state index in [9.17, 15) is 0 Å². The number of aliphatic imine (C=N–C) groups is 2. The first-order chi connectivity index (χ1) is 23.8. The van der Waals surface area contributed by atoms with E-state index in [0.717, 1.165) is 28.2 Å². The lowest BCUT2D eigenvalue weighted by Crippen LogP contribution is -2.33. The molecule has 1 N–H and O–H groups in total. The number of para-hydroxylation sites is 1. The van der Waals surface area contributed by atoms with Gasteiger partial charge >= 0.3 is 0 Å². The van der Waals surface area contributed by atoms with Crippen molar-refractivity contribution in [2.24, 2.45) is 9.98 Å². The maximum absolute atomic E-state index is 5.10. The molecule has 1 atom stereocenters. The number of hydrogen-bond acceptors (Lipinski definition) is 4. The molecule has 9 aromatic rings. The Balaban J connectivity index is 1.19. The van der Waals surface area contributed by atoms with Crippen LogP contribution in [0.5, 0.6) is 0 Å². The molecule has 1 aliphatic heterocycles. The minimum Gasteiger partial charge on any atom is -0.344 e. The van der Waals surface area contributed by atoms with Gasteiger partial charge in [-0.25, -0.2) is 9.98 Å². The molecule has 1 unspecified atom stereocenters. The highest BCUT2D eigenvalue weighted by Crippen LogP contribution is 2.47. The molecule has 5 heteroatoms. The van der Waals surface area contributed by atoms with Crippen LogP contribution in [0.4, 0.5) is 0 Å². The lowest BCUT2D eigenvalue weighted by molar-refractivity contribution is 0.674. The minimum absolute atomic E-state index is 0.236. The van der Waals surface area contributed by atoms with Crippen LogP contribution < -0.4 is 5.32 Å². The fourth-order valence-corrected chi connectivity index (χ4v) is 8.52. The highest BCUT2D eigenvalue weighted by Gasteiger charge is 2.23. The number of nitrogens with one attached hydrogen (secondary N) is 1. The standard InChI is InChI=1S/C43H28N4S/c1-3-13-27(14-4-1)41-44-42(28-15-5-2-6-16-28)46-43(45-41)29-23-25-30(26-24-29)47-35-21-11-9-19-33(35)37-38-34-20-10-12-22-36(34)48-40(38)32-18-8-7-17-31(32)39(37)47/h1-26,41H,(H,44,45,46). The molecule has 0 aliphatic carbocycles. The Labute approximate surface area is 281 Å². The summed E-state index contributed by atoms with van der Waals surface area (Å²) in [6.45, 7) is 0. The molecule has 7 aromatic carbocycles. The van der Waals surface area contributed by atoms with E-state index < -0.39 is 0 Å². The van der Waals surface area contributed by atoms with Gasteiger partial charge in [-0.15, -0.1) is 11.3 Å². The predicted octanol–water partition coefficient (Wildman–Crippen LogP) is 10.8. The lowest BCUT2D eigenvalue weighted by Gasteiger charge is -2.23. The van der Waals surface area contributed by atoms with Crippen molar-refractivity contribution >= 4 is 75.8 Å². The maximum Gasteiger partial charge on any atom is 0.159 e. The second-order valence-electron chi connectivity index (χ2n) is 12.2. The molecule has 0 radical (unpaired) electrons. The summed E-state index contributed by atoms with van der Waals surface area (Å²) >= 11 is 1.89. The van der Waals surface area contributed by atoms with Gasteiger partial charge in [-0.2, -0.15) is 0 Å². The van der Waals surface area contributed by atoms with E-state index in [0.29, 0.717) is 5.84 Å². The van der Waals surface area contributed by atoms with Gasteiger partial charge < -0.3 is 9.88 Å². The molecule has 0 fully saturated rings. The zero-order valence-electron chi connectivity index (χ0n) is 25.8. The van der Waals surface area contributed by atoms with Gasteiger partial charge in [0.1, 0.15) is 12.0 Å². The summed E-state index contributed by atoms with van der Waals surface area (Å²) in [4.78, 5) is 10.1. The van der Waals surface area contributed by atoms with Crippen LogP contribution in [0.1, 0.15) is 22.9 Å². The van der Waals surface area contributed by atoms with Gasteiger partial charge in [-0.05, 0) is 42.0 Å². The first-order valence-corrected chi connectivity index (χ1v) is 17.0. The van der Waals surface area contributed by atoms with E-state index >= 15 is 0 Å². The molecule has 226 valence electrons. The quantitative estimate of drug-likeness (QED) is 0.206. The number of benzene rings is 7. The van der Waals surface area contributed by atoms with Gasteiger partial charge in [0, 0.05) is 58.5 Å². The van der Waals surface area contributed by atoms with Gasteiger partial charge in [-0.1, -0.05) is 121 Å². The van der Waals surface area contributed by atoms with Gasteiger partial charge in [-0.3, -0.25) is 0 Å². The maximum atomic E-state index is 5.10. The number of nitrogens with zero attached hydrogens (tertiary/aromatic N) is 3. The molecule has 0 spiro atoms. The Hall–Kier alpha value is -6.04. The Morgan fingerprint density at radius 3 is 1.98 bits per heavy atom. The zero-order valence-corrected chi connectivity index (χ0v) is 26.7. The van der Waals surface area contributed by atoms with Crippen LogP contribution in [0.2, 0.25) is 0 Å². The number of hydrogen-bond donors (Lipinski definition) is 1. The molecule has 3 heterocycles. The number of fused-ring (bicyclic) bond motifs is 10. The Morgan fingerprint density at radius 2 is 1.19 bits per heavy atom. The van der Waals surface area contributed by atoms with Crippen LogP contribution in [-0.4, -0.2) is 16.2 Å². The monoisotopic (exact) mass is 632 g/mol. The van der Waals surface area contributed by atoms with Crippen LogP contribution in [0, 0.1) is 0 Å². The number of thiophene rings is 1. The Kier molecular flexibility index (Phi) is 6.08. The van der Waals surface area contributed by atoms with Crippen LogP contribution in [0.15, 0.2) is 168 Å². The summed E-state index contributed by atoms with van der Waals surface area (Å²) in [6.07, 6.45) is -0.236. The van der Waals surface area contributed by atoms with Gasteiger partial charge in [0.05, 0.1) is 11.0 Å². The summed E-state index contributed by atoms with van der Waals surface area (Å²) in [5.41, 5.74) is 6.65. The fraction of sp³-hybridized carbons (Fsp3) is 0.0233. The van der Waals surface area contributed by atoms with Crippen molar-refractivity contribution in [1.82, 2.24) is 9.88 Å². The summed E-state index contributed by atoms with van der Waals surface area (Å²) < 4.78 is 5.11. The minimum atomic E-state index is -0.236. The third kappa shape index (κ3) is 4.15. The zero-order chi connectivity index (χ0) is 31.6. The fourth-order valence-electron chi connectivity index (χ4n) is 7.27. The molecular formula is C43H28N4S. The van der Waals surface area contributed by atoms with E-state index in [4.69, 9.17) is 9.98 Å². The van der Waals surface area contributed by atoms with E-state index in [-0.39, 0.29) is 6.17 Å². The summed E-state index contributed by atoms with van der Waals surface area (Å²) in [7, 11) is 0. The smallest absolute Gasteiger partial charge is 0.159 e. The van der Waals surface area contributed by atoms with Crippen molar-refractivity contribution in [2.45, 2.75) is 6.17 Å². The van der Waals surface area contributed by atoms with Crippen LogP contribution in [-0.2, 0) is 0 Å². The van der Waals surface area contributed by atoms with E-state index in [1.54, 1.807) is 0 Å². The molecule has 0 saturated heterocycles. The summed E-state index contributed by atoms with van der Waals surface area (Å²) in [5, 5.41) is 11.3. The molecule has 48 heavy (non-hydrogen) atoms. The highest BCUT2D eigenvalue weighted by atomic mass is 32.1. The molecule has 0 bridgehead atoms. The van der Waals surface area contributed by atoms with E-state index in [1.807, 2.05) is 35.6 Å². The Bertz CT molecular complexity index is 2740. The highest BCUT2D eigenvalue weighted by molar-refractivity contribution is 7.27. The second kappa shape index (κ2) is 10.8. The van der Waals surface area contributed by atoms with Crippen LogP contribution in [0.3, 0.4) is 0 Å². The van der Waals surface area contributed by atoms with Gasteiger partial charge in [0.15, 0.2) is 5.84 Å². The van der Waals surface area contributed by atoms with Gasteiger partial charge in [0.2, 0.25) is 0 Å². The van der Waals surface area contributed by atoms with Crippen molar-refractivity contribution in [3.63, 3.8) is 0 Å². The van der Waals surface area contributed by atoms with Crippen molar-refractivity contribution in [3.8, 4) is 5.69 Å². The molecule has 4 nitrogen and oxygen atoms in total. The molecule has 1 aliphatic rings. The third-order valence-corrected chi connectivity index (χ3v) is 10.6. The van der Waals surface area contributed by atoms with Crippen molar-refractivity contribution in [1.29, 1.82) is 0 Å². The van der Waals surface area contributed by atoms with Gasteiger partial charge in [0.25, 0.3) is 0 Å². The molecule has 0 saturated carbocycles. The first-order valence-electron chi connectivity index (χ1n) is 16.2. The molecular weight excluding hydrogens is 605 g/mol. The number of rotatable bonds is 4. The summed E-state index contributed by atoms with van der Waals surface area (Å²) in [5.74, 6) is 1.53. The summed E-state index contributed by atoms with van der Waals surface area (Å²) in [6, 6.07) is 55.9. The van der Waals surface area contributed by atoms with Crippen molar-refractivity contribution < 1.29 is 0 Å². The average Bonchev–Trinajstić information content (AvgIpc) is 3.72. The largest absolute Gasteiger partial charge is 0.344 e. The van der Waals surface area contributed by atoms with Crippen molar-refractivity contribution in [2.75, 3.05) is 0 Å².